The molecule has 86 valence electrons. The molecule has 0 bridgehead atoms. The Morgan fingerprint density at radius 3 is 2.67 bits per heavy atom. The average Bonchev–Trinajstić information content (AvgIpc) is 2.46. The Bertz CT molecular complexity index is 441. The Hall–Kier alpha value is -0.560. The Balaban J connectivity index is 3.21. The zero-order valence-corrected chi connectivity index (χ0v) is 10.0. The zero-order valence-electron chi connectivity index (χ0n) is 8.44. The smallest absolute Gasteiger partial charge is 0.237 e. The summed E-state index contributed by atoms with van der Waals surface area (Å²) in [5, 5.41) is 12.5. The van der Waals surface area contributed by atoms with Crippen molar-refractivity contribution in [1.82, 2.24) is 9.29 Å². The molecule has 0 spiro atoms. The summed E-state index contributed by atoms with van der Waals surface area (Å²) in [6, 6.07) is 2.93. The van der Waals surface area contributed by atoms with Crippen molar-refractivity contribution < 1.29 is 13.5 Å². The number of aliphatic hydroxyl groups excluding tert-OH is 1. The molecule has 1 aromatic heterocycles. The molecule has 0 aliphatic heterocycles. The Morgan fingerprint density at radius 1 is 1.60 bits per heavy atom. The van der Waals surface area contributed by atoms with Crippen LogP contribution in [0.4, 0.5) is 0 Å². The molecule has 1 unspecified atom stereocenters. The van der Waals surface area contributed by atoms with E-state index in [4.69, 9.17) is 11.6 Å². The zero-order chi connectivity index (χ0) is 11.6. The topological polar surface area (TPSA) is 71.3 Å². The molecule has 0 aromatic carbocycles. The molecular formula is C8H13ClN2O3S. The van der Waals surface area contributed by atoms with E-state index in [1.807, 2.05) is 0 Å². The molecule has 7 heteroatoms. The van der Waals surface area contributed by atoms with Crippen LogP contribution in [0.3, 0.4) is 0 Å². The maximum absolute atomic E-state index is 11.4. The van der Waals surface area contributed by atoms with E-state index in [9.17, 15) is 13.5 Å². The number of rotatable bonds is 4. The maximum atomic E-state index is 11.4. The maximum Gasteiger partial charge on any atom is 0.237 e. The monoisotopic (exact) mass is 252 g/mol. The van der Waals surface area contributed by atoms with Gasteiger partial charge in [0.1, 0.15) is 11.3 Å². The van der Waals surface area contributed by atoms with Crippen LogP contribution in [0.15, 0.2) is 12.1 Å². The first-order chi connectivity index (χ1) is 6.88. The van der Waals surface area contributed by atoms with Crippen LogP contribution in [0.25, 0.3) is 0 Å². The van der Waals surface area contributed by atoms with Crippen LogP contribution >= 0.6 is 11.6 Å². The summed E-state index contributed by atoms with van der Waals surface area (Å²) in [6.07, 6.45) is 0.131. The first kappa shape index (κ1) is 12.5. The van der Waals surface area contributed by atoms with Crippen LogP contribution in [-0.2, 0) is 10.0 Å². The Morgan fingerprint density at radius 2 is 2.20 bits per heavy atom. The van der Waals surface area contributed by atoms with E-state index >= 15 is 0 Å². The molecule has 0 saturated carbocycles. The van der Waals surface area contributed by atoms with Gasteiger partial charge < -0.3 is 10.4 Å². The number of likely N-dealkylation sites (N-methyl/N-ethyl adjacent to an activating group) is 1. The second kappa shape index (κ2) is 4.52. The minimum absolute atomic E-state index is 0.0719. The van der Waals surface area contributed by atoms with Gasteiger partial charge in [0, 0.05) is 6.54 Å². The molecular weight excluding hydrogens is 240 g/mol. The normalized spacial score (nSPS) is 14.1. The van der Waals surface area contributed by atoms with Crippen molar-refractivity contribution in [2.75, 3.05) is 19.8 Å². The van der Waals surface area contributed by atoms with Gasteiger partial charge in [-0.25, -0.2) is 12.4 Å². The summed E-state index contributed by atoms with van der Waals surface area (Å²) in [4.78, 5) is 0. The third-order valence-corrected chi connectivity index (χ3v) is 3.36. The lowest BCUT2D eigenvalue weighted by atomic mass is 10.2. The van der Waals surface area contributed by atoms with Gasteiger partial charge in [-0.15, -0.1) is 0 Å². The fourth-order valence-electron chi connectivity index (χ4n) is 1.31. The molecule has 0 saturated heterocycles. The molecule has 1 rings (SSSR count). The number of nitrogens with one attached hydrogen (secondary N) is 1. The number of hydrogen-bond donors (Lipinski definition) is 2. The van der Waals surface area contributed by atoms with Gasteiger partial charge in [-0.2, -0.15) is 0 Å². The molecule has 0 aliphatic rings. The lowest BCUT2D eigenvalue weighted by molar-refractivity contribution is 0.172. The Labute approximate surface area is 93.7 Å². The van der Waals surface area contributed by atoms with Gasteiger partial charge in [-0.05, 0) is 19.2 Å². The lowest BCUT2D eigenvalue weighted by Gasteiger charge is -2.13. The lowest BCUT2D eigenvalue weighted by Crippen LogP contribution is -2.22. The third-order valence-electron chi connectivity index (χ3n) is 1.89. The van der Waals surface area contributed by atoms with Crippen LogP contribution in [0.5, 0.6) is 0 Å². The van der Waals surface area contributed by atoms with Crippen LogP contribution in [-0.4, -0.2) is 37.3 Å². The second-order valence-electron chi connectivity index (χ2n) is 3.18. The highest BCUT2D eigenvalue weighted by Gasteiger charge is 2.20. The molecule has 15 heavy (non-hydrogen) atoms. The third kappa shape index (κ3) is 2.72. The van der Waals surface area contributed by atoms with E-state index in [0.717, 1.165) is 10.2 Å². The predicted octanol–water partition coefficient (Wildman–Crippen LogP) is 0.202. The van der Waals surface area contributed by atoms with Gasteiger partial charge in [0.25, 0.3) is 0 Å². The van der Waals surface area contributed by atoms with Gasteiger partial charge >= 0.3 is 0 Å². The summed E-state index contributed by atoms with van der Waals surface area (Å²) in [6.45, 7) is 0.260. The van der Waals surface area contributed by atoms with Crippen LogP contribution in [0.1, 0.15) is 11.8 Å². The second-order valence-corrected chi connectivity index (χ2v) is 5.40. The van der Waals surface area contributed by atoms with Crippen LogP contribution in [0.2, 0.25) is 5.15 Å². The molecule has 5 nitrogen and oxygen atoms in total. The van der Waals surface area contributed by atoms with E-state index in [2.05, 4.69) is 5.32 Å². The van der Waals surface area contributed by atoms with Crippen molar-refractivity contribution in [3.63, 3.8) is 0 Å². The minimum atomic E-state index is -3.49. The summed E-state index contributed by atoms with van der Waals surface area (Å²) in [5.74, 6) is 0. The highest BCUT2D eigenvalue weighted by molar-refractivity contribution is 7.89. The number of hydrogen-bond acceptors (Lipinski definition) is 4. The van der Waals surface area contributed by atoms with Crippen LogP contribution in [0, 0.1) is 0 Å². The summed E-state index contributed by atoms with van der Waals surface area (Å²) >= 11 is 5.73. The molecule has 1 heterocycles. The van der Waals surface area contributed by atoms with Gasteiger partial charge in [-0.3, -0.25) is 0 Å². The summed E-state index contributed by atoms with van der Waals surface area (Å²) < 4.78 is 23.7. The molecule has 2 N–H and O–H groups in total. The number of nitrogens with zero attached hydrogens (tertiary/aromatic N) is 1. The van der Waals surface area contributed by atoms with Gasteiger partial charge in [0.2, 0.25) is 10.0 Å². The van der Waals surface area contributed by atoms with Gasteiger partial charge in [-0.1, -0.05) is 11.6 Å². The van der Waals surface area contributed by atoms with Crippen LogP contribution < -0.4 is 5.32 Å². The highest BCUT2D eigenvalue weighted by Crippen LogP contribution is 2.22. The largest absolute Gasteiger partial charge is 0.386 e. The highest BCUT2D eigenvalue weighted by atomic mass is 35.5. The molecule has 0 radical (unpaired) electrons. The molecule has 0 aliphatic carbocycles. The first-order valence-electron chi connectivity index (χ1n) is 4.28. The molecule has 1 atom stereocenters. The predicted molar refractivity (Wildman–Crippen MR) is 58.6 cm³/mol. The van der Waals surface area contributed by atoms with E-state index in [-0.39, 0.29) is 17.4 Å². The van der Waals surface area contributed by atoms with E-state index < -0.39 is 16.1 Å². The SMILES string of the molecule is CNCC(O)c1ccc(Cl)n1S(C)(=O)=O. The van der Waals surface area contributed by atoms with Crippen molar-refractivity contribution in [1.29, 1.82) is 0 Å². The van der Waals surface area contributed by atoms with E-state index in [0.29, 0.717) is 0 Å². The summed E-state index contributed by atoms with van der Waals surface area (Å²) in [7, 11) is -1.82. The first-order valence-corrected chi connectivity index (χ1v) is 6.51. The van der Waals surface area contributed by atoms with E-state index in [1.54, 1.807) is 7.05 Å². The Kier molecular flexibility index (Phi) is 3.77. The van der Waals surface area contributed by atoms with Gasteiger partial charge in [0.05, 0.1) is 11.9 Å². The average molecular weight is 253 g/mol. The molecule has 0 amide bonds. The van der Waals surface area contributed by atoms with Crippen molar-refractivity contribution >= 4 is 21.6 Å². The number of aliphatic hydroxyl groups is 1. The standard InChI is InChI=1S/C8H13ClN2O3S/c1-10-5-7(12)6-3-4-8(9)11(6)15(2,13)14/h3-4,7,10,12H,5H2,1-2H3. The molecule has 1 aromatic rings. The number of halogens is 1. The quantitative estimate of drug-likeness (QED) is 0.803. The van der Waals surface area contributed by atoms with Crippen molar-refractivity contribution in [2.24, 2.45) is 0 Å². The number of aromatic nitrogens is 1. The fourth-order valence-corrected chi connectivity index (χ4v) is 2.79. The van der Waals surface area contributed by atoms with Crippen molar-refractivity contribution in [3.8, 4) is 0 Å². The van der Waals surface area contributed by atoms with Crippen molar-refractivity contribution in [3.05, 3.63) is 23.0 Å². The fraction of sp³-hybridized carbons (Fsp3) is 0.500. The van der Waals surface area contributed by atoms with Gasteiger partial charge in [0.15, 0.2) is 0 Å². The van der Waals surface area contributed by atoms with Crippen molar-refractivity contribution in [2.45, 2.75) is 6.10 Å². The minimum Gasteiger partial charge on any atom is -0.386 e. The van der Waals surface area contributed by atoms with E-state index in [1.165, 1.54) is 12.1 Å². The molecule has 0 fully saturated rings. The summed E-state index contributed by atoms with van der Waals surface area (Å²) in [5.41, 5.74) is 0.261.